The molecule has 0 aliphatic carbocycles. The zero-order chi connectivity index (χ0) is 19.6. The fraction of sp³-hybridized carbons (Fsp3) is 0.444. The van der Waals surface area contributed by atoms with E-state index in [0.29, 0.717) is 36.0 Å². The zero-order valence-electron chi connectivity index (χ0n) is 15.7. The van der Waals surface area contributed by atoms with Crippen LogP contribution in [-0.4, -0.2) is 45.1 Å². The van der Waals surface area contributed by atoms with Gasteiger partial charge >= 0.3 is 5.69 Å². The third kappa shape index (κ3) is 4.45. The highest BCUT2D eigenvalue weighted by atomic mass is 35.5. The van der Waals surface area contributed by atoms with Crippen LogP contribution in [0.3, 0.4) is 0 Å². The monoisotopic (exact) mass is 427 g/mol. The molecule has 1 aliphatic heterocycles. The number of aryl methyl sites for hydroxylation is 2. The number of aromatic nitrogens is 2. The van der Waals surface area contributed by atoms with Crippen LogP contribution in [0.4, 0.5) is 5.69 Å². The average Bonchev–Trinajstić information content (AvgIpc) is 2.93. The fourth-order valence-corrected chi connectivity index (χ4v) is 3.80. The first-order valence-corrected chi connectivity index (χ1v) is 9.21. The van der Waals surface area contributed by atoms with Crippen molar-refractivity contribution in [2.24, 2.45) is 0 Å². The van der Waals surface area contributed by atoms with Gasteiger partial charge in [0.25, 0.3) is 0 Å². The van der Waals surface area contributed by atoms with Crippen molar-refractivity contribution in [3.05, 3.63) is 56.4 Å². The minimum absolute atomic E-state index is 0. The molecule has 2 heterocycles. The smallest absolute Gasteiger partial charge is 0.312 e. The van der Waals surface area contributed by atoms with Gasteiger partial charge in [-0.1, -0.05) is 29.8 Å². The molecule has 0 radical (unpaired) electrons. The van der Waals surface area contributed by atoms with Gasteiger partial charge in [0.15, 0.2) is 0 Å². The van der Waals surface area contributed by atoms with Gasteiger partial charge in [-0.3, -0.25) is 19.6 Å². The van der Waals surface area contributed by atoms with Crippen LogP contribution in [0.5, 0.6) is 0 Å². The molecule has 8 nitrogen and oxygen atoms in total. The number of rotatable bonds is 5. The predicted molar refractivity (Wildman–Crippen MR) is 109 cm³/mol. The lowest BCUT2D eigenvalue weighted by atomic mass is 10.0. The van der Waals surface area contributed by atoms with Gasteiger partial charge in [0, 0.05) is 31.1 Å². The summed E-state index contributed by atoms with van der Waals surface area (Å²) < 4.78 is 1.54. The van der Waals surface area contributed by atoms with Gasteiger partial charge < -0.3 is 10.2 Å². The van der Waals surface area contributed by atoms with Crippen LogP contribution < -0.4 is 5.32 Å². The molecule has 1 atom stereocenters. The van der Waals surface area contributed by atoms with Crippen molar-refractivity contribution >= 4 is 35.6 Å². The summed E-state index contributed by atoms with van der Waals surface area (Å²) in [5, 5.41) is 19.3. The number of nitrogens with one attached hydrogen (secondary N) is 1. The van der Waals surface area contributed by atoms with Gasteiger partial charge in [-0.15, -0.1) is 12.4 Å². The summed E-state index contributed by atoms with van der Waals surface area (Å²) in [5.74, 6) is -0.0170. The number of nitrogens with zero attached hydrogens (tertiary/aromatic N) is 4. The Morgan fingerprint density at radius 2 is 2.11 bits per heavy atom. The normalized spacial score (nSPS) is 16.5. The Morgan fingerprint density at radius 1 is 1.39 bits per heavy atom. The summed E-state index contributed by atoms with van der Waals surface area (Å²) in [7, 11) is 0. The second-order valence-corrected chi connectivity index (χ2v) is 6.99. The Morgan fingerprint density at radius 3 is 2.75 bits per heavy atom. The van der Waals surface area contributed by atoms with E-state index in [1.54, 1.807) is 13.8 Å². The molecule has 3 rings (SSSR count). The number of halogens is 2. The quantitative estimate of drug-likeness (QED) is 0.584. The predicted octanol–water partition coefficient (Wildman–Crippen LogP) is 3.05. The maximum Gasteiger partial charge on any atom is 0.312 e. The Bertz CT molecular complexity index is 871. The molecule has 1 aromatic heterocycles. The van der Waals surface area contributed by atoms with Crippen molar-refractivity contribution in [1.82, 2.24) is 20.0 Å². The topological polar surface area (TPSA) is 93.3 Å². The van der Waals surface area contributed by atoms with Crippen molar-refractivity contribution in [3.8, 4) is 0 Å². The van der Waals surface area contributed by atoms with Gasteiger partial charge in [0.1, 0.15) is 11.4 Å². The van der Waals surface area contributed by atoms with Gasteiger partial charge in [-0.2, -0.15) is 5.10 Å². The molecule has 2 aromatic rings. The lowest BCUT2D eigenvalue weighted by Gasteiger charge is -2.37. The molecule has 0 saturated carbocycles. The first-order valence-electron chi connectivity index (χ1n) is 8.83. The summed E-state index contributed by atoms with van der Waals surface area (Å²) >= 11 is 6.33. The molecule has 1 aliphatic rings. The van der Waals surface area contributed by atoms with Crippen molar-refractivity contribution in [1.29, 1.82) is 0 Å². The van der Waals surface area contributed by atoms with E-state index in [0.717, 1.165) is 12.1 Å². The van der Waals surface area contributed by atoms with Crippen molar-refractivity contribution in [2.75, 3.05) is 19.6 Å². The third-order valence-electron chi connectivity index (χ3n) is 4.89. The number of hydrogen-bond acceptors (Lipinski definition) is 5. The van der Waals surface area contributed by atoms with E-state index in [2.05, 4.69) is 10.4 Å². The van der Waals surface area contributed by atoms with E-state index < -0.39 is 4.92 Å². The van der Waals surface area contributed by atoms with Crippen LogP contribution in [0.2, 0.25) is 5.02 Å². The van der Waals surface area contributed by atoms with Crippen molar-refractivity contribution < 1.29 is 9.72 Å². The lowest BCUT2D eigenvalue weighted by Crippen LogP contribution is -2.49. The minimum atomic E-state index is -0.431. The second kappa shape index (κ2) is 9.36. The highest BCUT2D eigenvalue weighted by Crippen LogP contribution is 2.29. The van der Waals surface area contributed by atoms with E-state index in [1.165, 1.54) is 4.68 Å². The van der Waals surface area contributed by atoms with E-state index in [-0.39, 0.29) is 36.5 Å². The molecule has 1 N–H and O–H groups in total. The van der Waals surface area contributed by atoms with Gasteiger partial charge in [0.05, 0.1) is 17.5 Å². The SMILES string of the molecule is Cc1nn(CCC(=O)N2CCNCC2c2ccccc2Cl)c(C)c1[N+](=O)[O-].Cl. The number of benzene rings is 1. The van der Waals surface area contributed by atoms with E-state index in [9.17, 15) is 14.9 Å². The maximum atomic E-state index is 12.9. The molecule has 10 heteroatoms. The van der Waals surface area contributed by atoms with Crippen molar-refractivity contribution in [2.45, 2.75) is 32.9 Å². The fourth-order valence-electron chi connectivity index (χ4n) is 3.54. The summed E-state index contributed by atoms with van der Waals surface area (Å²) in [4.78, 5) is 25.4. The van der Waals surface area contributed by atoms with Crippen LogP contribution in [0, 0.1) is 24.0 Å². The molecule has 28 heavy (non-hydrogen) atoms. The Labute approximate surface area is 174 Å². The summed E-state index contributed by atoms with van der Waals surface area (Å²) in [6.45, 7) is 5.51. The molecule has 0 spiro atoms. The molecule has 1 aromatic carbocycles. The lowest BCUT2D eigenvalue weighted by molar-refractivity contribution is -0.386. The van der Waals surface area contributed by atoms with E-state index >= 15 is 0 Å². The average molecular weight is 428 g/mol. The molecule has 152 valence electrons. The summed E-state index contributed by atoms with van der Waals surface area (Å²) in [6.07, 6.45) is 0.222. The maximum absolute atomic E-state index is 12.9. The molecular weight excluding hydrogens is 405 g/mol. The molecular formula is C18H23Cl2N5O3. The number of nitro groups is 1. The number of hydrogen-bond donors (Lipinski definition) is 1. The first-order chi connectivity index (χ1) is 12.9. The van der Waals surface area contributed by atoms with Crippen LogP contribution in [0.25, 0.3) is 0 Å². The molecule has 1 saturated heterocycles. The Kier molecular flexibility index (Phi) is 7.40. The zero-order valence-corrected chi connectivity index (χ0v) is 17.3. The van der Waals surface area contributed by atoms with Crippen LogP contribution >= 0.6 is 24.0 Å². The van der Waals surface area contributed by atoms with Crippen molar-refractivity contribution in [3.63, 3.8) is 0 Å². The number of carbonyl (C=O) groups is 1. The Balaban J connectivity index is 0.00000280. The van der Waals surface area contributed by atoms with Crippen LogP contribution in [-0.2, 0) is 11.3 Å². The number of amides is 1. The molecule has 1 fully saturated rings. The number of carbonyl (C=O) groups excluding carboxylic acids is 1. The highest BCUT2D eigenvalue weighted by molar-refractivity contribution is 6.31. The van der Waals surface area contributed by atoms with Gasteiger partial charge in [-0.25, -0.2) is 0 Å². The van der Waals surface area contributed by atoms with E-state index in [1.807, 2.05) is 29.2 Å². The minimum Gasteiger partial charge on any atom is -0.333 e. The molecule has 1 amide bonds. The highest BCUT2D eigenvalue weighted by Gasteiger charge is 2.29. The standard InChI is InChI=1S/C18H22ClN5O3.ClH/c1-12-18(24(26)27)13(2)23(21-12)9-7-17(25)22-10-8-20-11-16(22)14-5-3-4-6-15(14)19;/h3-6,16,20H,7-11H2,1-2H3;1H. The van der Waals surface area contributed by atoms with Crippen LogP contribution in [0.1, 0.15) is 29.4 Å². The first kappa shape index (κ1) is 22.1. The van der Waals surface area contributed by atoms with Gasteiger partial charge in [-0.05, 0) is 25.5 Å². The second-order valence-electron chi connectivity index (χ2n) is 6.58. The summed E-state index contributed by atoms with van der Waals surface area (Å²) in [5.41, 5.74) is 1.76. The largest absolute Gasteiger partial charge is 0.333 e. The van der Waals surface area contributed by atoms with Crippen LogP contribution in [0.15, 0.2) is 24.3 Å². The number of piperazine rings is 1. The summed E-state index contributed by atoms with van der Waals surface area (Å²) in [6, 6.07) is 7.40. The molecule has 1 unspecified atom stereocenters. The van der Waals surface area contributed by atoms with E-state index in [4.69, 9.17) is 11.6 Å². The molecule has 0 bridgehead atoms. The third-order valence-corrected chi connectivity index (χ3v) is 5.24. The van der Waals surface area contributed by atoms with Gasteiger partial charge in [0.2, 0.25) is 5.91 Å². The Hall–Kier alpha value is -2.16.